The fraction of sp³-hybridized carbons (Fsp3) is 0.438. The molecule has 1 atom stereocenters. The maximum atomic E-state index is 13.8. The molecule has 2 amide bonds. The van der Waals surface area contributed by atoms with Crippen molar-refractivity contribution in [3.63, 3.8) is 0 Å². The smallest absolute Gasteiger partial charge is 0.254 e. The Morgan fingerprint density at radius 3 is 2.28 bits per heavy atom. The van der Waals surface area contributed by atoms with E-state index >= 15 is 0 Å². The molecular formula is C32H43N3O4. The van der Waals surface area contributed by atoms with Crippen molar-refractivity contribution in [2.24, 2.45) is 5.92 Å². The average Bonchev–Trinajstić information content (AvgIpc) is 3.39. The van der Waals surface area contributed by atoms with Crippen molar-refractivity contribution in [2.75, 3.05) is 27.3 Å². The van der Waals surface area contributed by atoms with E-state index in [4.69, 9.17) is 9.47 Å². The van der Waals surface area contributed by atoms with E-state index in [0.29, 0.717) is 36.9 Å². The fourth-order valence-electron chi connectivity index (χ4n) is 4.46. The van der Waals surface area contributed by atoms with Crippen LogP contribution in [-0.2, 0) is 17.9 Å². The monoisotopic (exact) mass is 533 g/mol. The summed E-state index contributed by atoms with van der Waals surface area (Å²) in [5.74, 6) is 1.63. The number of carbonyl (C=O) groups excluding carboxylic acids is 2. The molecule has 3 rings (SSSR count). The first kappa shape index (κ1) is 29.8. The van der Waals surface area contributed by atoms with E-state index in [1.807, 2.05) is 41.4 Å². The Hall–Kier alpha value is -3.74. The average molecular weight is 534 g/mol. The second-order valence-corrected chi connectivity index (χ2v) is 10.4. The van der Waals surface area contributed by atoms with Crippen LogP contribution in [0.4, 0.5) is 0 Å². The van der Waals surface area contributed by atoms with Crippen molar-refractivity contribution in [1.82, 2.24) is 14.4 Å². The molecule has 7 nitrogen and oxygen atoms in total. The molecule has 7 heteroatoms. The number of hydrogen-bond acceptors (Lipinski definition) is 4. The number of methoxy groups -OCH3 is 2. The third-order valence-corrected chi connectivity index (χ3v) is 7.09. The van der Waals surface area contributed by atoms with Gasteiger partial charge in [0.1, 0.15) is 18.0 Å². The highest BCUT2D eigenvalue weighted by Crippen LogP contribution is 2.19. The highest BCUT2D eigenvalue weighted by molar-refractivity contribution is 5.96. The molecule has 0 aliphatic carbocycles. The van der Waals surface area contributed by atoms with Gasteiger partial charge in [-0.15, -0.1) is 0 Å². The third-order valence-electron chi connectivity index (χ3n) is 7.09. The number of aromatic nitrogens is 1. The van der Waals surface area contributed by atoms with Crippen LogP contribution in [0, 0.1) is 5.92 Å². The van der Waals surface area contributed by atoms with Crippen LogP contribution in [-0.4, -0.2) is 59.5 Å². The van der Waals surface area contributed by atoms with Gasteiger partial charge in [0.15, 0.2) is 0 Å². The Kier molecular flexibility index (Phi) is 11.0. The molecule has 0 aliphatic rings. The summed E-state index contributed by atoms with van der Waals surface area (Å²) in [5, 5.41) is 0. The molecule has 210 valence electrons. The molecule has 39 heavy (non-hydrogen) atoms. The van der Waals surface area contributed by atoms with Crippen LogP contribution >= 0.6 is 0 Å². The molecular weight excluding hydrogens is 490 g/mol. The van der Waals surface area contributed by atoms with Crippen LogP contribution in [0.1, 0.15) is 62.2 Å². The lowest BCUT2D eigenvalue weighted by molar-refractivity contribution is -0.134. The molecule has 2 aromatic carbocycles. The minimum Gasteiger partial charge on any atom is -0.497 e. The van der Waals surface area contributed by atoms with Crippen LogP contribution < -0.4 is 9.47 Å². The highest BCUT2D eigenvalue weighted by Gasteiger charge is 2.26. The third kappa shape index (κ3) is 8.37. The van der Waals surface area contributed by atoms with Crippen molar-refractivity contribution in [3.8, 4) is 11.5 Å². The van der Waals surface area contributed by atoms with E-state index in [0.717, 1.165) is 29.8 Å². The first-order valence-electron chi connectivity index (χ1n) is 13.7. The topological polar surface area (TPSA) is 64.0 Å². The predicted octanol–water partition coefficient (Wildman–Crippen LogP) is 5.87. The van der Waals surface area contributed by atoms with E-state index < -0.39 is 0 Å². The lowest BCUT2D eigenvalue weighted by Crippen LogP contribution is -2.46. The largest absolute Gasteiger partial charge is 0.497 e. The molecule has 0 bridgehead atoms. The zero-order chi connectivity index (χ0) is 28.4. The first-order valence-corrected chi connectivity index (χ1v) is 13.7. The summed E-state index contributed by atoms with van der Waals surface area (Å²) < 4.78 is 12.9. The molecule has 1 unspecified atom stereocenters. The summed E-state index contributed by atoms with van der Waals surface area (Å²) in [4.78, 5) is 30.9. The standard InChI is InChI=1S/C32H43N3O4/c1-7-25(4)35(22-28-13-10-17-33(28)21-26-11-8-14-29(19-26)38-5)31(36)23-34(18-16-24(2)3)32(37)27-12-9-15-30(20-27)39-6/h8-15,17,19-20,24-25H,7,16,18,21-23H2,1-6H3. The lowest BCUT2D eigenvalue weighted by Gasteiger charge is -2.32. The Bertz CT molecular complexity index is 1220. The summed E-state index contributed by atoms with van der Waals surface area (Å²) in [7, 11) is 3.25. The number of nitrogens with zero attached hydrogens (tertiary/aromatic N) is 3. The van der Waals surface area contributed by atoms with Crippen molar-refractivity contribution in [1.29, 1.82) is 0 Å². The lowest BCUT2D eigenvalue weighted by atomic mass is 10.1. The number of amides is 2. The molecule has 3 aromatic rings. The summed E-state index contributed by atoms with van der Waals surface area (Å²) in [6.07, 6.45) is 3.67. The van der Waals surface area contributed by atoms with Gasteiger partial charge in [0.2, 0.25) is 5.91 Å². The Balaban J connectivity index is 1.81. The van der Waals surface area contributed by atoms with Crippen molar-refractivity contribution >= 4 is 11.8 Å². The molecule has 0 aliphatic heterocycles. The summed E-state index contributed by atoms with van der Waals surface area (Å²) >= 11 is 0. The van der Waals surface area contributed by atoms with Gasteiger partial charge in [0.25, 0.3) is 5.91 Å². The van der Waals surface area contributed by atoms with Crippen molar-refractivity contribution < 1.29 is 19.1 Å². The van der Waals surface area contributed by atoms with Gasteiger partial charge in [0, 0.05) is 36.6 Å². The first-order chi connectivity index (χ1) is 18.7. The highest BCUT2D eigenvalue weighted by atomic mass is 16.5. The van der Waals surface area contributed by atoms with Crippen molar-refractivity contribution in [3.05, 3.63) is 83.7 Å². The maximum absolute atomic E-state index is 13.8. The SMILES string of the molecule is CCC(C)N(Cc1cccn1Cc1cccc(OC)c1)C(=O)CN(CCC(C)C)C(=O)c1cccc(OC)c1. The van der Waals surface area contributed by atoms with Gasteiger partial charge in [-0.1, -0.05) is 39.0 Å². The van der Waals surface area contributed by atoms with Gasteiger partial charge >= 0.3 is 0 Å². The zero-order valence-corrected chi connectivity index (χ0v) is 24.2. The Morgan fingerprint density at radius 1 is 0.923 bits per heavy atom. The molecule has 1 aromatic heterocycles. The Labute approximate surface area is 233 Å². The molecule has 0 saturated heterocycles. The van der Waals surface area contributed by atoms with Gasteiger partial charge < -0.3 is 23.8 Å². The van der Waals surface area contributed by atoms with Gasteiger partial charge in [0.05, 0.1) is 20.8 Å². The number of hydrogen-bond donors (Lipinski definition) is 0. The second-order valence-electron chi connectivity index (χ2n) is 10.4. The van der Waals surface area contributed by atoms with Crippen LogP contribution in [0.3, 0.4) is 0 Å². The number of carbonyl (C=O) groups is 2. The molecule has 0 spiro atoms. The van der Waals surface area contributed by atoms with Crippen LogP contribution in [0.5, 0.6) is 11.5 Å². The molecule has 0 N–H and O–H groups in total. The number of benzene rings is 2. The summed E-state index contributed by atoms with van der Waals surface area (Å²) in [6.45, 7) is 10.1. The van der Waals surface area contributed by atoms with E-state index in [1.54, 1.807) is 37.3 Å². The number of rotatable bonds is 14. The quantitative estimate of drug-likeness (QED) is 0.260. The second kappa shape index (κ2) is 14.4. The van der Waals surface area contributed by atoms with Gasteiger partial charge in [-0.3, -0.25) is 9.59 Å². The van der Waals surface area contributed by atoms with E-state index in [2.05, 4.69) is 44.4 Å². The van der Waals surface area contributed by atoms with Crippen molar-refractivity contribution in [2.45, 2.75) is 59.7 Å². The van der Waals surface area contributed by atoms with E-state index in [1.165, 1.54) is 0 Å². The van der Waals surface area contributed by atoms with Crippen LogP contribution in [0.25, 0.3) is 0 Å². The predicted molar refractivity (Wildman–Crippen MR) is 155 cm³/mol. The van der Waals surface area contributed by atoms with Crippen LogP contribution in [0.15, 0.2) is 66.9 Å². The van der Waals surface area contributed by atoms with Gasteiger partial charge in [-0.25, -0.2) is 0 Å². The van der Waals surface area contributed by atoms with E-state index in [-0.39, 0.29) is 24.4 Å². The summed E-state index contributed by atoms with van der Waals surface area (Å²) in [5.41, 5.74) is 2.68. The zero-order valence-electron chi connectivity index (χ0n) is 24.2. The van der Waals surface area contributed by atoms with Crippen LogP contribution in [0.2, 0.25) is 0 Å². The minimum absolute atomic E-state index is 0.0246. The van der Waals surface area contributed by atoms with Gasteiger partial charge in [-0.05, 0) is 73.7 Å². The van der Waals surface area contributed by atoms with E-state index in [9.17, 15) is 9.59 Å². The normalized spacial score (nSPS) is 11.8. The number of ether oxygens (including phenoxy) is 2. The maximum Gasteiger partial charge on any atom is 0.254 e. The minimum atomic E-state index is -0.159. The fourth-order valence-corrected chi connectivity index (χ4v) is 4.46. The Morgan fingerprint density at radius 2 is 1.62 bits per heavy atom. The molecule has 0 saturated carbocycles. The molecule has 0 radical (unpaired) electrons. The van der Waals surface area contributed by atoms with Gasteiger partial charge in [-0.2, -0.15) is 0 Å². The summed E-state index contributed by atoms with van der Waals surface area (Å²) in [6, 6.07) is 19.2. The molecule has 1 heterocycles. The molecule has 0 fully saturated rings.